The number of aldehydes is 1. The van der Waals surface area contributed by atoms with Crippen LogP contribution in [0.1, 0.15) is 37.6 Å². The Morgan fingerprint density at radius 1 is 1.53 bits per heavy atom. The van der Waals surface area contributed by atoms with Crippen molar-refractivity contribution in [3.05, 3.63) is 35.7 Å². The van der Waals surface area contributed by atoms with E-state index in [1.54, 1.807) is 11.6 Å². The second kappa shape index (κ2) is 5.43. The van der Waals surface area contributed by atoms with Gasteiger partial charge in [-0.1, -0.05) is 37.6 Å². The third-order valence-corrected chi connectivity index (χ3v) is 3.57. The van der Waals surface area contributed by atoms with Gasteiger partial charge in [-0.15, -0.1) is 0 Å². The maximum atomic E-state index is 11.6. The first-order valence-electron chi connectivity index (χ1n) is 6.72. The molecule has 4 heteroatoms. The van der Waals surface area contributed by atoms with Crippen LogP contribution in [0.25, 0.3) is 0 Å². The summed E-state index contributed by atoms with van der Waals surface area (Å²) in [5.74, 6) is 0.142. The van der Waals surface area contributed by atoms with E-state index in [1.807, 2.05) is 24.3 Å². The number of aryl methyl sites for hydroxylation is 2. The molecule has 0 fully saturated rings. The maximum Gasteiger partial charge on any atom is 0.161 e. The second-order valence-electron chi connectivity index (χ2n) is 5.01. The Kier molecular flexibility index (Phi) is 3.88. The fourth-order valence-electron chi connectivity index (χ4n) is 2.46. The van der Waals surface area contributed by atoms with Crippen molar-refractivity contribution in [1.82, 2.24) is 9.78 Å². The van der Waals surface area contributed by atoms with Crippen LogP contribution in [0.15, 0.2) is 24.3 Å². The van der Waals surface area contributed by atoms with Gasteiger partial charge in [-0.25, -0.2) is 0 Å². The van der Waals surface area contributed by atoms with Gasteiger partial charge in [-0.3, -0.25) is 4.68 Å². The lowest BCUT2D eigenvalue weighted by Gasteiger charge is -2.26. The highest BCUT2D eigenvalue weighted by Gasteiger charge is 2.36. The standard InChI is InChI=1S/C15H20N2O2/c1-3-4-10-17-14(13(19)12(2)16-17)15(11-18)8-6-5-7-9-15/h5-8,11,19H,3-4,9-10H2,1-2H3. The zero-order chi connectivity index (χ0) is 13.9. The predicted molar refractivity (Wildman–Crippen MR) is 74.2 cm³/mol. The summed E-state index contributed by atoms with van der Waals surface area (Å²) in [6.07, 6.45) is 11.1. The molecule has 1 unspecified atom stereocenters. The van der Waals surface area contributed by atoms with Crippen LogP contribution in [0.5, 0.6) is 5.75 Å². The number of carbonyl (C=O) groups excluding carboxylic acids is 1. The van der Waals surface area contributed by atoms with Crippen molar-refractivity contribution in [2.75, 3.05) is 0 Å². The van der Waals surface area contributed by atoms with E-state index in [0.29, 0.717) is 17.8 Å². The highest BCUT2D eigenvalue weighted by atomic mass is 16.3. The first kappa shape index (κ1) is 13.6. The van der Waals surface area contributed by atoms with Gasteiger partial charge in [0.2, 0.25) is 0 Å². The molecule has 19 heavy (non-hydrogen) atoms. The van der Waals surface area contributed by atoms with Crippen molar-refractivity contribution in [2.24, 2.45) is 0 Å². The summed E-state index contributed by atoms with van der Waals surface area (Å²) in [4.78, 5) is 11.6. The molecular weight excluding hydrogens is 240 g/mol. The zero-order valence-corrected chi connectivity index (χ0v) is 11.5. The van der Waals surface area contributed by atoms with Gasteiger partial charge in [0.1, 0.15) is 12.0 Å². The highest BCUT2D eigenvalue weighted by Crippen LogP contribution is 2.38. The van der Waals surface area contributed by atoms with Crippen molar-refractivity contribution in [1.29, 1.82) is 0 Å². The number of hydrogen-bond acceptors (Lipinski definition) is 3. The number of hydrogen-bond donors (Lipinski definition) is 1. The van der Waals surface area contributed by atoms with Crippen LogP contribution in [-0.4, -0.2) is 21.2 Å². The summed E-state index contributed by atoms with van der Waals surface area (Å²) >= 11 is 0. The molecule has 0 saturated heterocycles. The SMILES string of the molecule is CCCCn1nc(C)c(O)c1C1(C=O)C=CC=CC1. The van der Waals surface area contributed by atoms with Gasteiger partial charge in [-0.05, 0) is 19.8 Å². The van der Waals surface area contributed by atoms with E-state index in [1.165, 1.54) is 0 Å². The zero-order valence-electron chi connectivity index (χ0n) is 11.5. The Hall–Kier alpha value is -1.84. The quantitative estimate of drug-likeness (QED) is 0.828. The predicted octanol–water partition coefficient (Wildman–Crippen LogP) is 2.65. The van der Waals surface area contributed by atoms with Crippen LogP contribution < -0.4 is 0 Å². The van der Waals surface area contributed by atoms with E-state index >= 15 is 0 Å². The average Bonchev–Trinajstić information content (AvgIpc) is 2.73. The fourth-order valence-corrected chi connectivity index (χ4v) is 2.46. The number of aromatic hydroxyl groups is 1. The molecule has 0 spiro atoms. The third kappa shape index (κ3) is 2.35. The number of aromatic nitrogens is 2. The minimum atomic E-state index is -0.784. The summed E-state index contributed by atoms with van der Waals surface area (Å²) in [5, 5.41) is 14.6. The third-order valence-electron chi connectivity index (χ3n) is 3.57. The number of carbonyl (C=O) groups is 1. The summed E-state index contributed by atoms with van der Waals surface area (Å²) in [5.41, 5.74) is 0.415. The number of nitrogens with zero attached hydrogens (tertiary/aromatic N) is 2. The van der Waals surface area contributed by atoms with Crippen LogP contribution in [0.3, 0.4) is 0 Å². The molecule has 4 nitrogen and oxygen atoms in total. The summed E-state index contributed by atoms with van der Waals surface area (Å²) in [6, 6.07) is 0. The van der Waals surface area contributed by atoms with E-state index in [4.69, 9.17) is 0 Å². The van der Waals surface area contributed by atoms with Crippen molar-refractivity contribution in [3.8, 4) is 5.75 Å². The van der Waals surface area contributed by atoms with E-state index in [2.05, 4.69) is 12.0 Å². The number of allylic oxidation sites excluding steroid dienone is 4. The van der Waals surface area contributed by atoms with Crippen molar-refractivity contribution in [3.63, 3.8) is 0 Å². The van der Waals surface area contributed by atoms with Gasteiger partial charge >= 0.3 is 0 Å². The number of rotatable bonds is 5. The minimum Gasteiger partial charge on any atom is -0.504 e. The summed E-state index contributed by atoms with van der Waals surface area (Å²) in [6.45, 7) is 4.59. The lowest BCUT2D eigenvalue weighted by Crippen LogP contribution is -2.29. The molecule has 0 amide bonds. The second-order valence-corrected chi connectivity index (χ2v) is 5.01. The minimum absolute atomic E-state index is 0.142. The topological polar surface area (TPSA) is 55.1 Å². The molecular formula is C15H20N2O2. The first-order valence-corrected chi connectivity index (χ1v) is 6.72. The van der Waals surface area contributed by atoms with Gasteiger partial charge in [0.25, 0.3) is 0 Å². The van der Waals surface area contributed by atoms with Gasteiger partial charge in [0, 0.05) is 6.54 Å². The molecule has 1 aliphatic rings. The molecule has 1 aliphatic carbocycles. The molecule has 1 aromatic heterocycles. The Morgan fingerprint density at radius 2 is 2.32 bits per heavy atom. The van der Waals surface area contributed by atoms with E-state index < -0.39 is 5.41 Å². The lowest BCUT2D eigenvalue weighted by molar-refractivity contribution is -0.111. The Balaban J connectivity index is 2.50. The van der Waals surface area contributed by atoms with Gasteiger partial charge < -0.3 is 9.90 Å². The van der Waals surface area contributed by atoms with E-state index in [-0.39, 0.29) is 5.75 Å². The fraction of sp³-hybridized carbons (Fsp3) is 0.467. The molecule has 1 N–H and O–H groups in total. The highest BCUT2D eigenvalue weighted by molar-refractivity contribution is 5.74. The lowest BCUT2D eigenvalue weighted by atomic mass is 9.79. The summed E-state index contributed by atoms with van der Waals surface area (Å²) < 4.78 is 1.78. The molecule has 0 bridgehead atoms. The smallest absolute Gasteiger partial charge is 0.161 e. The number of unbranched alkanes of at least 4 members (excludes halogenated alkanes) is 1. The van der Waals surface area contributed by atoms with Crippen LogP contribution in [0.4, 0.5) is 0 Å². The van der Waals surface area contributed by atoms with Gasteiger partial charge in [0.15, 0.2) is 5.75 Å². The van der Waals surface area contributed by atoms with Gasteiger partial charge in [-0.2, -0.15) is 5.10 Å². The van der Waals surface area contributed by atoms with E-state index in [0.717, 1.165) is 25.7 Å². The average molecular weight is 260 g/mol. The van der Waals surface area contributed by atoms with E-state index in [9.17, 15) is 9.90 Å². The molecule has 0 aromatic carbocycles. The Labute approximate surface area is 113 Å². The van der Waals surface area contributed by atoms with Crippen molar-refractivity contribution in [2.45, 2.75) is 45.1 Å². The molecule has 0 saturated carbocycles. The van der Waals surface area contributed by atoms with Crippen molar-refractivity contribution < 1.29 is 9.90 Å². The monoisotopic (exact) mass is 260 g/mol. The van der Waals surface area contributed by atoms with Gasteiger partial charge in [0.05, 0.1) is 11.1 Å². The van der Waals surface area contributed by atoms with Crippen LogP contribution in [-0.2, 0) is 16.8 Å². The van der Waals surface area contributed by atoms with Crippen molar-refractivity contribution >= 4 is 6.29 Å². The molecule has 0 radical (unpaired) electrons. The Bertz CT molecular complexity index is 528. The normalized spacial score (nSPS) is 21.8. The van der Waals surface area contributed by atoms with Crippen LogP contribution >= 0.6 is 0 Å². The molecule has 0 aliphatic heterocycles. The molecule has 1 aromatic rings. The van der Waals surface area contributed by atoms with Crippen LogP contribution in [0.2, 0.25) is 0 Å². The van der Waals surface area contributed by atoms with Crippen LogP contribution in [0, 0.1) is 6.92 Å². The summed E-state index contributed by atoms with van der Waals surface area (Å²) in [7, 11) is 0. The molecule has 1 atom stereocenters. The maximum absolute atomic E-state index is 11.6. The molecule has 102 valence electrons. The molecule has 2 rings (SSSR count). The first-order chi connectivity index (χ1) is 9.14. The Morgan fingerprint density at radius 3 is 2.89 bits per heavy atom. The largest absolute Gasteiger partial charge is 0.504 e. The molecule has 1 heterocycles.